The Morgan fingerprint density at radius 3 is 3.06 bits per heavy atom. The molecule has 2 atom stereocenters. The van der Waals surface area contributed by atoms with E-state index in [1.807, 2.05) is 16.7 Å². The summed E-state index contributed by atoms with van der Waals surface area (Å²) in [5, 5.41) is 8.38. The third-order valence-electron chi connectivity index (χ3n) is 3.57. The van der Waals surface area contributed by atoms with Gasteiger partial charge in [0.05, 0.1) is 7.11 Å². The molecule has 1 aliphatic rings. The van der Waals surface area contributed by atoms with Crippen molar-refractivity contribution in [1.82, 2.24) is 19.6 Å². The van der Waals surface area contributed by atoms with Crippen LogP contribution in [0.15, 0.2) is 12.3 Å². The van der Waals surface area contributed by atoms with Crippen molar-refractivity contribution in [2.75, 3.05) is 7.11 Å². The van der Waals surface area contributed by atoms with Gasteiger partial charge >= 0.3 is 0 Å². The van der Waals surface area contributed by atoms with E-state index in [0.717, 1.165) is 31.5 Å². The van der Waals surface area contributed by atoms with Crippen molar-refractivity contribution in [2.45, 2.75) is 37.6 Å². The second-order valence-electron chi connectivity index (χ2n) is 4.82. The van der Waals surface area contributed by atoms with Crippen molar-refractivity contribution < 1.29 is 4.74 Å². The highest BCUT2D eigenvalue weighted by Crippen LogP contribution is 2.31. The van der Waals surface area contributed by atoms with Gasteiger partial charge in [0.1, 0.15) is 5.82 Å². The third-order valence-corrected chi connectivity index (χ3v) is 3.57. The number of hydrogen-bond acceptors (Lipinski definition) is 5. The third kappa shape index (κ3) is 1.92. The molecule has 0 saturated heterocycles. The highest BCUT2D eigenvalue weighted by Gasteiger charge is 2.25. The highest BCUT2D eigenvalue weighted by atomic mass is 16.5. The minimum atomic E-state index is 0.280. The number of nitrogens with two attached hydrogens (primary N) is 1. The van der Waals surface area contributed by atoms with Crippen LogP contribution < -0.4 is 10.5 Å². The van der Waals surface area contributed by atoms with E-state index in [2.05, 4.69) is 15.2 Å². The summed E-state index contributed by atoms with van der Waals surface area (Å²) >= 11 is 0. The van der Waals surface area contributed by atoms with Crippen molar-refractivity contribution in [3.63, 3.8) is 0 Å². The Balaban J connectivity index is 1.97. The molecule has 3 rings (SSSR count). The lowest BCUT2D eigenvalue weighted by Gasteiger charge is -2.25. The predicted octanol–water partition coefficient (Wildman–Crippen LogP) is 1.12. The molecule has 0 spiro atoms. The van der Waals surface area contributed by atoms with Gasteiger partial charge < -0.3 is 10.5 Å². The first-order valence-corrected chi connectivity index (χ1v) is 6.29. The first kappa shape index (κ1) is 11.4. The molecule has 2 N–H and O–H groups in total. The minimum absolute atomic E-state index is 0.280. The molecule has 0 aromatic carbocycles. The lowest BCUT2D eigenvalue weighted by molar-refractivity contribution is 0.379. The molecule has 0 bridgehead atoms. The Bertz CT molecular complexity index is 552. The summed E-state index contributed by atoms with van der Waals surface area (Å²) in [6, 6.07) is 2.10. The predicted molar refractivity (Wildman–Crippen MR) is 66.5 cm³/mol. The van der Waals surface area contributed by atoms with Gasteiger partial charge in [-0.05, 0) is 19.3 Å². The average molecular weight is 247 g/mol. The summed E-state index contributed by atoms with van der Waals surface area (Å²) in [5.41, 5.74) is 6.03. The van der Waals surface area contributed by atoms with Crippen molar-refractivity contribution in [1.29, 1.82) is 0 Å². The number of fused-ring (bicyclic) bond motifs is 1. The zero-order valence-electron chi connectivity index (χ0n) is 10.4. The molecular weight excluding hydrogens is 230 g/mol. The SMILES string of the molecule is COc1ccn2c(C3CCCC(N)C3)nnc2n1. The smallest absolute Gasteiger partial charge is 0.258 e. The van der Waals surface area contributed by atoms with Crippen LogP contribution in [0.4, 0.5) is 0 Å². The standard InChI is InChI=1S/C12H17N5O/c1-18-10-5-6-17-11(15-16-12(17)14-10)8-3-2-4-9(13)7-8/h5-6,8-9H,2-4,7,13H2,1H3. The topological polar surface area (TPSA) is 78.3 Å². The van der Waals surface area contributed by atoms with Crippen molar-refractivity contribution in [2.24, 2.45) is 5.73 Å². The van der Waals surface area contributed by atoms with Crippen LogP contribution in [0.1, 0.15) is 37.4 Å². The van der Waals surface area contributed by atoms with Crippen LogP contribution in [0.3, 0.4) is 0 Å². The number of hydrogen-bond donors (Lipinski definition) is 1. The van der Waals surface area contributed by atoms with Crippen LogP contribution in [-0.2, 0) is 0 Å². The van der Waals surface area contributed by atoms with E-state index >= 15 is 0 Å². The molecule has 2 aromatic rings. The molecule has 0 amide bonds. The van der Waals surface area contributed by atoms with Crippen LogP contribution in [0.25, 0.3) is 5.78 Å². The summed E-state index contributed by atoms with van der Waals surface area (Å²) in [6.07, 6.45) is 6.29. The molecule has 1 saturated carbocycles. The second-order valence-corrected chi connectivity index (χ2v) is 4.82. The van der Waals surface area contributed by atoms with E-state index in [-0.39, 0.29) is 6.04 Å². The van der Waals surface area contributed by atoms with Gasteiger partial charge in [-0.1, -0.05) is 6.42 Å². The number of rotatable bonds is 2. The van der Waals surface area contributed by atoms with Gasteiger partial charge in [-0.2, -0.15) is 4.98 Å². The molecule has 6 heteroatoms. The van der Waals surface area contributed by atoms with E-state index < -0.39 is 0 Å². The average Bonchev–Trinajstić information content (AvgIpc) is 2.81. The molecular formula is C12H17N5O. The van der Waals surface area contributed by atoms with Crippen molar-refractivity contribution in [3.05, 3.63) is 18.1 Å². The zero-order valence-corrected chi connectivity index (χ0v) is 10.4. The molecule has 0 aliphatic heterocycles. The van der Waals surface area contributed by atoms with Gasteiger partial charge in [-0.25, -0.2) is 0 Å². The van der Waals surface area contributed by atoms with Gasteiger partial charge in [0.25, 0.3) is 5.78 Å². The highest BCUT2D eigenvalue weighted by molar-refractivity contribution is 5.32. The number of methoxy groups -OCH3 is 1. The lowest BCUT2D eigenvalue weighted by Crippen LogP contribution is -2.27. The first-order valence-electron chi connectivity index (χ1n) is 6.29. The number of ether oxygens (including phenoxy) is 1. The van der Waals surface area contributed by atoms with Crippen LogP contribution in [0.2, 0.25) is 0 Å². The fourth-order valence-electron chi connectivity index (χ4n) is 2.64. The van der Waals surface area contributed by atoms with E-state index in [0.29, 0.717) is 17.6 Å². The number of nitrogens with zero attached hydrogens (tertiary/aromatic N) is 4. The Morgan fingerprint density at radius 1 is 1.39 bits per heavy atom. The molecule has 0 radical (unpaired) electrons. The van der Waals surface area contributed by atoms with Crippen molar-refractivity contribution in [3.8, 4) is 5.88 Å². The summed E-state index contributed by atoms with van der Waals surface area (Å²) in [7, 11) is 1.59. The van der Waals surface area contributed by atoms with E-state index in [1.165, 1.54) is 0 Å². The van der Waals surface area contributed by atoms with E-state index in [1.54, 1.807) is 7.11 Å². The monoisotopic (exact) mass is 247 g/mol. The maximum absolute atomic E-state index is 6.03. The van der Waals surface area contributed by atoms with Crippen LogP contribution in [0.5, 0.6) is 5.88 Å². The van der Waals surface area contributed by atoms with Gasteiger partial charge in [0.15, 0.2) is 0 Å². The molecule has 6 nitrogen and oxygen atoms in total. The first-order chi connectivity index (χ1) is 8.78. The van der Waals surface area contributed by atoms with E-state index in [4.69, 9.17) is 10.5 Å². The van der Waals surface area contributed by atoms with Gasteiger partial charge in [-0.15, -0.1) is 10.2 Å². The molecule has 2 unspecified atom stereocenters. The number of aromatic nitrogens is 4. The summed E-state index contributed by atoms with van der Waals surface area (Å²) in [5.74, 6) is 2.50. The van der Waals surface area contributed by atoms with E-state index in [9.17, 15) is 0 Å². The van der Waals surface area contributed by atoms with Crippen LogP contribution >= 0.6 is 0 Å². The fraction of sp³-hybridized carbons (Fsp3) is 0.583. The Labute approximate surface area is 105 Å². The largest absolute Gasteiger partial charge is 0.481 e. The molecule has 18 heavy (non-hydrogen) atoms. The maximum Gasteiger partial charge on any atom is 0.258 e. The van der Waals surface area contributed by atoms with Gasteiger partial charge in [0, 0.05) is 24.2 Å². The minimum Gasteiger partial charge on any atom is -0.481 e. The molecule has 2 heterocycles. The van der Waals surface area contributed by atoms with Gasteiger partial charge in [-0.3, -0.25) is 4.40 Å². The molecule has 2 aromatic heterocycles. The Kier molecular flexibility index (Phi) is 2.87. The molecule has 1 fully saturated rings. The summed E-state index contributed by atoms with van der Waals surface area (Å²) in [6.45, 7) is 0. The fourth-order valence-corrected chi connectivity index (χ4v) is 2.64. The Morgan fingerprint density at radius 2 is 2.28 bits per heavy atom. The van der Waals surface area contributed by atoms with Crippen LogP contribution in [-0.4, -0.2) is 32.7 Å². The van der Waals surface area contributed by atoms with Gasteiger partial charge in [0.2, 0.25) is 5.88 Å². The van der Waals surface area contributed by atoms with Crippen molar-refractivity contribution >= 4 is 5.78 Å². The second kappa shape index (κ2) is 4.53. The molecule has 96 valence electrons. The Hall–Kier alpha value is -1.69. The van der Waals surface area contributed by atoms with Crippen LogP contribution in [0, 0.1) is 0 Å². The quantitative estimate of drug-likeness (QED) is 0.860. The summed E-state index contributed by atoms with van der Waals surface area (Å²) in [4.78, 5) is 4.26. The maximum atomic E-state index is 6.03. The molecule has 1 aliphatic carbocycles. The summed E-state index contributed by atoms with van der Waals surface area (Å²) < 4.78 is 7.02. The lowest BCUT2D eigenvalue weighted by atomic mass is 9.86. The normalized spacial score (nSPS) is 24.3. The zero-order chi connectivity index (χ0) is 12.5.